The first-order valence-electron chi connectivity index (χ1n) is 4.40. The molecule has 0 saturated carbocycles. The molecular formula is C10H14ClN3. The van der Waals surface area contributed by atoms with Gasteiger partial charge < -0.3 is 11.5 Å². The molecular weight excluding hydrogens is 198 g/mol. The van der Waals surface area contributed by atoms with E-state index in [1.54, 1.807) is 0 Å². The number of nitrogens with two attached hydrogens (primary N) is 2. The van der Waals surface area contributed by atoms with Crippen molar-refractivity contribution in [1.82, 2.24) is 4.98 Å². The van der Waals surface area contributed by atoms with Crippen LogP contribution in [0.3, 0.4) is 0 Å². The van der Waals surface area contributed by atoms with Crippen LogP contribution in [0.4, 0.5) is 11.5 Å². The summed E-state index contributed by atoms with van der Waals surface area (Å²) >= 11 is 5.55. The molecule has 0 unspecified atom stereocenters. The molecule has 3 nitrogen and oxygen atoms in total. The van der Waals surface area contributed by atoms with E-state index in [1.165, 1.54) is 0 Å². The zero-order valence-corrected chi connectivity index (χ0v) is 8.88. The van der Waals surface area contributed by atoms with Crippen LogP contribution in [0, 0.1) is 6.92 Å². The lowest BCUT2D eigenvalue weighted by atomic mass is 10.1. The van der Waals surface area contributed by atoms with Crippen molar-refractivity contribution < 1.29 is 0 Å². The zero-order chi connectivity index (χ0) is 10.6. The summed E-state index contributed by atoms with van der Waals surface area (Å²) in [5.41, 5.74) is 13.6. The molecule has 0 bridgehead atoms. The highest BCUT2D eigenvalue weighted by Crippen LogP contribution is 2.17. The van der Waals surface area contributed by atoms with Gasteiger partial charge in [0.1, 0.15) is 5.82 Å². The molecule has 4 heteroatoms. The minimum absolute atomic E-state index is 0.386. The number of hydrogen-bond donors (Lipinski definition) is 2. The third-order valence-corrected chi connectivity index (χ3v) is 2.10. The highest BCUT2D eigenvalue weighted by molar-refractivity contribution is 6.17. The molecule has 0 saturated heterocycles. The van der Waals surface area contributed by atoms with Crippen molar-refractivity contribution in [3.8, 4) is 0 Å². The summed E-state index contributed by atoms with van der Waals surface area (Å²) in [6, 6.07) is 1.82. The van der Waals surface area contributed by atoms with E-state index < -0.39 is 0 Å². The second-order valence-corrected chi connectivity index (χ2v) is 3.40. The van der Waals surface area contributed by atoms with E-state index >= 15 is 0 Å². The molecule has 1 heterocycles. The predicted octanol–water partition coefficient (Wildman–Crippen LogP) is 2.20. The number of aromatic nitrogens is 1. The largest absolute Gasteiger partial charge is 0.396 e. The van der Waals surface area contributed by atoms with Crippen LogP contribution in [0.5, 0.6) is 0 Å². The fourth-order valence-corrected chi connectivity index (χ4v) is 1.22. The van der Waals surface area contributed by atoms with Gasteiger partial charge in [0.05, 0.1) is 5.69 Å². The van der Waals surface area contributed by atoms with Gasteiger partial charge in [-0.05, 0) is 25.0 Å². The molecule has 0 aliphatic rings. The maximum atomic E-state index is 5.65. The topological polar surface area (TPSA) is 64.9 Å². The second-order valence-electron chi connectivity index (χ2n) is 3.02. The highest BCUT2D eigenvalue weighted by atomic mass is 35.5. The average molecular weight is 212 g/mol. The Balaban J connectivity index is 2.92. The Morgan fingerprint density at radius 2 is 2.21 bits per heavy atom. The summed E-state index contributed by atoms with van der Waals surface area (Å²) in [6.07, 6.45) is 4.79. The standard InChI is InChI=1S/C10H14ClN3/c1-7-8(4-2-3-5-11)6-9(12)10(13)14-7/h2,4,6H,3,5,12H2,1H3,(H2,13,14). The Bertz CT molecular complexity index is 347. The molecule has 0 amide bonds. The van der Waals surface area contributed by atoms with Gasteiger partial charge in [0, 0.05) is 11.6 Å². The molecule has 0 fully saturated rings. The van der Waals surface area contributed by atoms with Crippen LogP contribution in [-0.4, -0.2) is 10.9 Å². The van der Waals surface area contributed by atoms with Gasteiger partial charge in [0.15, 0.2) is 0 Å². The summed E-state index contributed by atoms with van der Waals surface area (Å²) in [5, 5.41) is 0. The van der Waals surface area contributed by atoms with Gasteiger partial charge in [0.2, 0.25) is 0 Å². The molecule has 0 atom stereocenters. The molecule has 76 valence electrons. The average Bonchev–Trinajstić information content (AvgIpc) is 2.14. The SMILES string of the molecule is Cc1nc(N)c(N)cc1C=CCCCl. The van der Waals surface area contributed by atoms with E-state index in [0.717, 1.165) is 17.7 Å². The van der Waals surface area contributed by atoms with Crippen LogP contribution in [0.25, 0.3) is 6.08 Å². The van der Waals surface area contributed by atoms with Crippen LogP contribution < -0.4 is 11.5 Å². The summed E-state index contributed by atoms with van der Waals surface area (Å²) in [6.45, 7) is 1.90. The number of allylic oxidation sites excluding steroid dienone is 1. The van der Waals surface area contributed by atoms with Gasteiger partial charge in [-0.1, -0.05) is 12.2 Å². The number of aryl methyl sites for hydroxylation is 1. The summed E-state index contributed by atoms with van der Waals surface area (Å²) < 4.78 is 0. The number of hydrogen-bond acceptors (Lipinski definition) is 3. The lowest BCUT2D eigenvalue weighted by Gasteiger charge is -2.04. The van der Waals surface area contributed by atoms with Gasteiger partial charge >= 0.3 is 0 Å². The normalized spacial score (nSPS) is 11.0. The van der Waals surface area contributed by atoms with Gasteiger partial charge in [-0.3, -0.25) is 0 Å². The highest BCUT2D eigenvalue weighted by Gasteiger charge is 2.00. The maximum absolute atomic E-state index is 5.65. The van der Waals surface area contributed by atoms with Crippen molar-refractivity contribution >= 4 is 29.2 Å². The number of nitrogen functional groups attached to an aromatic ring is 2. The van der Waals surface area contributed by atoms with Gasteiger partial charge in [-0.2, -0.15) is 0 Å². The Morgan fingerprint density at radius 1 is 1.50 bits per heavy atom. The number of alkyl halides is 1. The third kappa shape index (κ3) is 2.64. The fraction of sp³-hybridized carbons (Fsp3) is 0.300. The Labute approximate surface area is 88.8 Å². The molecule has 4 N–H and O–H groups in total. The van der Waals surface area contributed by atoms with E-state index in [1.807, 2.05) is 25.1 Å². The molecule has 0 aliphatic heterocycles. The number of halogens is 1. The quantitative estimate of drug-likeness (QED) is 0.754. The summed E-state index contributed by atoms with van der Waals surface area (Å²) in [4.78, 5) is 4.12. The van der Waals surface area contributed by atoms with Crippen LogP contribution >= 0.6 is 11.6 Å². The fourth-order valence-electron chi connectivity index (χ4n) is 1.10. The van der Waals surface area contributed by atoms with Crippen molar-refractivity contribution in [3.05, 3.63) is 23.4 Å². The number of rotatable bonds is 3. The molecule has 0 radical (unpaired) electrons. The molecule has 0 aromatic carbocycles. The molecule has 1 rings (SSSR count). The van der Waals surface area contributed by atoms with E-state index in [0.29, 0.717) is 17.4 Å². The number of pyridine rings is 1. The molecule has 1 aromatic heterocycles. The van der Waals surface area contributed by atoms with E-state index in [2.05, 4.69) is 4.98 Å². The van der Waals surface area contributed by atoms with Gasteiger partial charge in [0.25, 0.3) is 0 Å². The molecule has 0 spiro atoms. The van der Waals surface area contributed by atoms with Gasteiger partial charge in [-0.25, -0.2) is 4.98 Å². The zero-order valence-electron chi connectivity index (χ0n) is 8.13. The third-order valence-electron chi connectivity index (χ3n) is 1.89. The van der Waals surface area contributed by atoms with Crippen molar-refractivity contribution in [2.75, 3.05) is 17.3 Å². The Morgan fingerprint density at radius 3 is 2.86 bits per heavy atom. The smallest absolute Gasteiger partial charge is 0.146 e. The monoisotopic (exact) mass is 211 g/mol. The van der Waals surface area contributed by atoms with E-state index in [9.17, 15) is 0 Å². The molecule has 1 aromatic rings. The minimum Gasteiger partial charge on any atom is -0.396 e. The first kappa shape index (κ1) is 10.9. The van der Waals surface area contributed by atoms with Crippen molar-refractivity contribution in [1.29, 1.82) is 0 Å². The van der Waals surface area contributed by atoms with Crippen LogP contribution in [0.2, 0.25) is 0 Å². The van der Waals surface area contributed by atoms with Crippen LogP contribution in [0.1, 0.15) is 17.7 Å². The minimum atomic E-state index is 0.386. The van der Waals surface area contributed by atoms with E-state index in [-0.39, 0.29) is 0 Å². The summed E-state index contributed by atoms with van der Waals surface area (Å²) in [5.74, 6) is 1.00. The predicted molar refractivity (Wildman–Crippen MR) is 62.2 cm³/mol. The van der Waals surface area contributed by atoms with Crippen molar-refractivity contribution in [2.45, 2.75) is 13.3 Å². The Hall–Kier alpha value is -1.22. The van der Waals surface area contributed by atoms with Crippen molar-refractivity contribution in [3.63, 3.8) is 0 Å². The van der Waals surface area contributed by atoms with Gasteiger partial charge in [-0.15, -0.1) is 11.6 Å². The maximum Gasteiger partial charge on any atom is 0.146 e. The molecule has 14 heavy (non-hydrogen) atoms. The first-order valence-corrected chi connectivity index (χ1v) is 4.93. The lowest BCUT2D eigenvalue weighted by molar-refractivity contribution is 1.19. The summed E-state index contributed by atoms with van der Waals surface area (Å²) in [7, 11) is 0. The number of anilines is 2. The number of nitrogens with zero attached hydrogens (tertiary/aromatic N) is 1. The lowest BCUT2D eigenvalue weighted by Crippen LogP contribution is -2.00. The molecule has 0 aliphatic carbocycles. The Kier molecular flexibility index (Phi) is 3.77. The van der Waals surface area contributed by atoms with Crippen LogP contribution in [0.15, 0.2) is 12.1 Å². The van der Waals surface area contributed by atoms with Crippen molar-refractivity contribution in [2.24, 2.45) is 0 Å². The second kappa shape index (κ2) is 4.86. The van der Waals surface area contributed by atoms with Crippen LogP contribution in [-0.2, 0) is 0 Å². The first-order chi connectivity index (χ1) is 6.65. The van der Waals surface area contributed by atoms with E-state index in [4.69, 9.17) is 23.1 Å².